The van der Waals surface area contributed by atoms with Crippen LogP contribution in [-0.4, -0.2) is 44.6 Å². The summed E-state index contributed by atoms with van der Waals surface area (Å²) in [6.07, 6.45) is 1.70. The van der Waals surface area contributed by atoms with Gasteiger partial charge in [0.2, 0.25) is 0 Å². The zero-order valence-electron chi connectivity index (χ0n) is 23.4. The number of nitrogens with zero attached hydrogens (tertiary/aromatic N) is 2. The highest BCUT2D eigenvalue weighted by Crippen LogP contribution is 2.37. The Bertz CT molecular complexity index is 1660. The fourth-order valence-corrected chi connectivity index (χ4v) is 5.91. The molecule has 0 aliphatic carbocycles. The summed E-state index contributed by atoms with van der Waals surface area (Å²) in [5.74, 6) is 1.60. The number of hydrogen-bond acceptors (Lipinski definition) is 9. The molecule has 1 aromatic heterocycles. The Morgan fingerprint density at radius 2 is 1.73 bits per heavy atom. The largest absolute Gasteiger partial charge is 0.493 e. The molecule has 1 atom stereocenters. The van der Waals surface area contributed by atoms with Crippen molar-refractivity contribution in [2.45, 2.75) is 39.8 Å². The SMILES string of the molecule is CCOC(=O)C1=C(C)N=c2s/c(=C\c3cc(OC)c(OC)cc3Br)c(=O)n2[C@H]1c1ccc(OC(C)C)c(OC)c1. The summed E-state index contributed by atoms with van der Waals surface area (Å²) in [7, 11) is 4.66. The lowest BCUT2D eigenvalue weighted by molar-refractivity contribution is -0.139. The summed E-state index contributed by atoms with van der Waals surface area (Å²) in [6, 6.07) is 8.16. The topological polar surface area (TPSA) is 97.6 Å². The van der Waals surface area contributed by atoms with E-state index in [0.29, 0.717) is 43.6 Å². The second-order valence-electron chi connectivity index (χ2n) is 9.11. The third-order valence-corrected chi connectivity index (χ3v) is 7.84. The summed E-state index contributed by atoms with van der Waals surface area (Å²) in [4.78, 5) is 32.3. The predicted octanol–water partition coefficient (Wildman–Crippen LogP) is 4.37. The fourth-order valence-electron chi connectivity index (χ4n) is 4.43. The Morgan fingerprint density at radius 3 is 2.35 bits per heavy atom. The molecule has 0 saturated carbocycles. The number of rotatable bonds is 9. The number of fused-ring (bicyclic) bond motifs is 1. The quantitative estimate of drug-likeness (QED) is 0.324. The van der Waals surface area contributed by atoms with E-state index in [-0.39, 0.29) is 23.8 Å². The third-order valence-electron chi connectivity index (χ3n) is 6.17. The maximum absolute atomic E-state index is 14.0. The van der Waals surface area contributed by atoms with Gasteiger partial charge in [0.1, 0.15) is 0 Å². The summed E-state index contributed by atoms with van der Waals surface area (Å²) in [5.41, 5.74) is 1.84. The number of allylic oxidation sites excluding steroid dienone is 1. The number of carbonyl (C=O) groups is 1. The van der Waals surface area contributed by atoms with E-state index >= 15 is 0 Å². The number of methoxy groups -OCH3 is 3. The number of carbonyl (C=O) groups excluding carboxylic acids is 1. The van der Waals surface area contributed by atoms with E-state index in [4.69, 9.17) is 23.7 Å². The molecular formula is C29H31BrN2O7S. The van der Waals surface area contributed by atoms with E-state index in [0.717, 1.165) is 10.0 Å². The lowest BCUT2D eigenvalue weighted by Gasteiger charge is -2.25. The average Bonchev–Trinajstić information content (AvgIpc) is 3.22. The number of esters is 1. The van der Waals surface area contributed by atoms with Gasteiger partial charge in [-0.1, -0.05) is 33.3 Å². The van der Waals surface area contributed by atoms with Crippen molar-refractivity contribution in [3.63, 3.8) is 0 Å². The van der Waals surface area contributed by atoms with Gasteiger partial charge in [0.05, 0.1) is 55.9 Å². The molecule has 3 aromatic rings. The first kappa shape index (κ1) is 29.4. The van der Waals surface area contributed by atoms with E-state index in [2.05, 4.69) is 20.9 Å². The van der Waals surface area contributed by atoms with E-state index in [9.17, 15) is 9.59 Å². The smallest absolute Gasteiger partial charge is 0.338 e. The standard InChI is InChI=1S/C29H31BrN2O7S/c1-8-38-28(34)25-16(4)31-29-32(26(25)17-9-10-20(39-15(2)3)21(11-17)35-5)27(33)24(40-29)13-18-12-22(36-6)23(37-7)14-19(18)30/h9-15,26H,8H2,1-7H3/b24-13-/t26-/m0/s1. The van der Waals surface area contributed by atoms with Crippen LogP contribution in [0.2, 0.25) is 0 Å². The molecule has 11 heteroatoms. The van der Waals surface area contributed by atoms with E-state index in [1.807, 2.05) is 19.9 Å². The monoisotopic (exact) mass is 630 g/mol. The van der Waals surface area contributed by atoms with Crippen molar-refractivity contribution in [2.24, 2.45) is 4.99 Å². The van der Waals surface area contributed by atoms with Crippen molar-refractivity contribution in [1.29, 1.82) is 0 Å². The molecular weight excluding hydrogens is 600 g/mol. The van der Waals surface area contributed by atoms with Crippen LogP contribution in [0.4, 0.5) is 0 Å². The number of aromatic nitrogens is 1. The zero-order chi connectivity index (χ0) is 29.1. The number of thiazole rings is 1. The highest BCUT2D eigenvalue weighted by atomic mass is 79.9. The van der Waals surface area contributed by atoms with Gasteiger partial charge in [-0.05, 0) is 69.2 Å². The first-order valence-corrected chi connectivity index (χ1v) is 14.2. The van der Waals surface area contributed by atoms with Crippen LogP contribution in [0.1, 0.15) is 44.9 Å². The van der Waals surface area contributed by atoms with Gasteiger partial charge in [-0.3, -0.25) is 9.36 Å². The minimum Gasteiger partial charge on any atom is -0.493 e. The van der Waals surface area contributed by atoms with Crippen molar-refractivity contribution in [2.75, 3.05) is 27.9 Å². The summed E-state index contributed by atoms with van der Waals surface area (Å²) in [6.45, 7) is 7.51. The first-order valence-electron chi connectivity index (χ1n) is 12.6. The van der Waals surface area contributed by atoms with Crippen LogP contribution in [0.5, 0.6) is 23.0 Å². The Hall–Kier alpha value is -3.57. The molecule has 0 unspecified atom stereocenters. The molecule has 2 heterocycles. The lowest BCUT2D eigenvalue weighted by atomic mass is 9.95. The maximum Gasteiger partial charge on any atom is 0.338 e. The molecule has 0 radical (unpaired) electrons. The second-order valence-corrected chi connectivity index (χ2v) is 11.0. The third kappa shape index (κ3) is 5.66. The minimum absolute atomic E-state index is 0.0643. The fraction of sp³-hybridized carbons (Fsp3) is 0.345. The maximum atomic E-state index is 14.0. The highest BCUT2D eigenvalue weighted by Gasteiger charge is 2.34. The Balaban J connectivity index is 1.96. The molecule has 0 bridgehead atoms. The van der Waals surface area contributed by atoms with Gasteiger partial charge >= 0.3 is 5.97 Å². The Morgan fingerprint density at radius 1 is 1.07 bits per heavy atom. The van der Waals surface area contributed by atoms with Crippen LogP contribution in [0.3, 0.4) is 0 Å². The van der Waals surface area contributed by atoms with E-state index in [1.54, 1.807) is 65.5 Å². The minimum atomic E-state index is -0.784. The molecule has 0 saturated heterocycles. The molecule has 40 heavy (non-hydrogen) atoms. The number of hydrogen-bond donors (Lipinski definition) is 0. The Kier molecular flexibility index (Phi) is 9.05. The number of halogens is 1. The van der Waals surface area contributed by atoms with Crippen LogP contribution in [0.25, 0.3) is 6.08 Å². The van der Waals surface area contributed by atoms with Gasteiger partial charge in [-0.15, -0.1) is 0 Å². The lowest BCUT2D eigenvalue weighted by Crippen LogP contribution is -2.40. The number of benzene rings is 2. The van der Waals surface area contributed by atoms with Crippen LogP contribution < -0.4 is 33.8 Å². The highest BCUT2D eigenvalue weighted by molar-refractivity contribution is 9.10. The first-order chi connectivity index (χ1) is 19.1. The molecule has 0 N–H and O–H groups in total. The van der Waals surface area contributed by atoms with Crippen molar-refractivity contribution in [3.05, 3.63) is 76.9 Å². The van der Waals surface area contributed by atoms with Crippen molar-refractivity contribution < 1.29 is 28.5 Å². The van der Waals surface area contributed by atoms with Gasteiger partial charge in [-0.25, -0.2) is 9.79 Å². The number of ether oxygens (including phenoxy) is 5. The van der Waals surface area contributed by atoms with Gasteiger partial charge in [0, 0.05) is 4.47 Å². The Labute approximate surface area is 244 Å². The summed E-state index contributed by atoms with van der Waals surface area (Å²) in [5, 5.41) is 0. The van der Waals surface area contributed by atoms with Crippen molar-refractivity contribution in [1.82, 2.24) is 4.57 Å². The molecule has 0 spiro atoms. The normalized spacial score (nSPS) is 15.0. The zero-order valence-corrected chi connectivity index (χ0v) is 25.8. The van der Waals surface area contributed by atoms with Crippen LogP contribution in [-0.2, 0) is 9.53 Å². The average molecular weight is 632 g/mol. The van der Waals surface area contributed by atoms with E-state index < -0.39 is 12.0 Å². The molecule has 0 amide bonds. The summed E-state index contributed by atoms with van der Waals surface area (Å²) < 4.78 is 30.4. The van der Waals surface area contributed by atoms with Crippen molar-refractivity contribution >= 4 is 39.3 Å². The second kappa shape index (κ2) is 12.3. The van der Waals surface area contributed by atoms with Crippen LogP contribution in [0, 0.1) is 0 Å². The molecule has 1 aliphatic heterocycles. The molecule has 4 rings (SSSR count). The summed E-state index contributed by atoms with van der Waals surface area (Å²) >= 11 is 4.79. The molecule has 9 nitrogen and oxygen atoms in total. The molecule has 2 aromatic carbocycles. The van der Waals surface area contributed by atoms with Gasteiger partial charge < -0.3 is 23.7 Å². The predicted molar refractivity (Wildman–Crippen MR) is 156 cm³/mol. The van der Waals surface area contributed by atoms with Gasteiger partial charge in [0.15, 0.2) is 27.8 Å². The van der Waals surface area contributed by atoms with Crippen molar-refractivity contribution in [3.8, 4) is 23.0 Å². The van der Waals surface area contributed by atoms with Crippen LogP contribution in [0.15, 0.2) is 55.9 Å². The van der Waals surface area contributed by atoms with E-state index in [1.165, 1.54) is 15.9 Å². The van der Waals surface area contributed by atoms with Gasteiger partial charge in [0.25, 0.3) is 5.56 Å². The molecule has 1 aliphatic rings. The molecule has 0 fully saturated rings. The van der Waals surface area contributed by atoms with Gasteiger partial charge in [-0.2, -0.15) is 0 Å². The van der Waals surface area contributed by atoms with Crippen LogP contribution >= 0.6 is 27.3 Å². The molecule has 212 valence electrons.